The van der Waals surface area contributed by atoms with Gasteiger partial charge in [0.15, 0.2) is 11.4 Å². The fraction of sp³-hybridized carbons (Fsp3) is 0.438. The van der Waals surface area contributed by atoms with Crippen molar-refractivity contribution in [3.63, 3.8) is 0 Å². The molecule has 0 amide bonds. The Labute approximate surface area is 135 Å². The van der Waals surface area contributed by atoms with Gasteiger partial charge in [-0.15, -0.1) is 0 Å². The molecule has 0 aliphatic heterocycles. The van der Waals surface area contributed by atoms with E-state index >= 15 is 0 Å². The predicted molar refractivity (Wildman–Crippen MR) is 88.3 cm³/mol. The Morgan fingerprint density at radius 1 is 1.52 bits per heavy atom. The number of fused-ring (bicyclic) bond motifs is 1. The van der Waals surface area contributed by atoms with Crippen LogP contribution in [0.15, 0.2) is 18.9 Å². The minimum atomic E-state index is -0.840. The van der Waals surface area contributed by atoms with Gasteiger partial charge in [0.05, 0.1) is 23.0 Å². The lowest BCUT2D eigenvalue weighted by Gasteiger charge is -2.11. The quantitative estimate of drug-likeness (QED) is 0.650. The number of pyridine rings is 1. The summed E-state index contributed by atoms with van der Waals surface area (Å²) in [6.07, 6.45) is 3.24. The summed E-state index contributed by atoms with van der Waals surface area (Å²) in [5, 5.41) is 4.99. The smallest absolute Gasteiger partial charge is 0.430 e. The highest BCUT2D eigenvalue weighted by molar-refractivity contribution is 5.92. The van der Waals surface area contributed by atoms with Crippen LogP contribution in [0.1, 0.15) is 26.0 Å². The molecule has 124 valence electrons. The highest BCUT2D eigenvalue weighted by atomic mass is 16.7. The van der Waals surface area contributed by atoms with Crippen LogP contribution < -0.4 is 10.5 Å². The number of aryl methyl sites for hydroxylation is 2. The van der Waals surface area contributed by atoms with Gasteiger partial charge in [-0.25, -0.2) is 14.5 Å². The van der Waals surface area contributed by atoms with Crippen LogP contribution in [0.3, 0.4) is 0 Å². The minimum absolute atomic E-state index is 0.0700. The van der Waals surface area contributed by atoms with Crippen molar-refractivity contribution in [1.82, 2.24) is 14.8 Å². The van der Waals surface area contributed by atoms with Crippen LogP contribution in [-0.4, -0.2) is 27.5 Å². The van der Waals surface area contributed by atoms with Crippen LogP contribution in [0.2, 0.25) is 0 Å². The Bertz CT molecular complexity index is 722. The average Bonchev–Trinajstić information content (AvgIpc) is 2.90. The van der Waals surface area contributed by atoms with Crippen molar-refractivity contribution in [2.45, 2.75) is 33.7 Å². The van der Waals surface area contributed by atoms with Crippen molar-refractivity contribution in [1.29, 1.82) is 0 Å². The lowest BCUT2D eigenvalue weighted by atomic mass is 10.1. The highest BCUT2D eigenvalue weighted by Crippen LogP contribution is 2.32. The van der Waals surface area contributed by atoms with Gasteiger partial charge >= 0.3 is 6.16 Å². The molecule has 0 aliphatic carbocycles. The van der Waals surface area contributed by atoms with Gasteiger partial charge in [0, 0.05) is 6.54 Å². The van der Waals surface area contributed by atoms with Crippen LogP contribution in [0.5, 0.6) is 5.75 Å². The molecule has 0 aromatic carbocycles. The van der Waals surface area contributed by atoms with Crippen LogP contribution in [0.25, 0.3) is 11.0 Å². The third-order valence-corrected chi connectivity index (χ3v) is 3.37. The molecule has 2 N–H and O–H groups in total. The normalized spacial score (nSPS) is 11.0. The van der Waals surface area contributed by atoms with Crippen molar-refractivity contribution in [3.05, 3.63) is 24.5 Å². The van der Waals surface area contributed by atoms with E-state index in [2.05, 4.69) is 30.5 Å². The second-order valence-corrected chi connectivity index (χ2v) is 5.68. The Morgan fingerprint density at radius 3 is 2.91 bits per heavy atom. The predicted octanol–water partition coefficient (Wildman–Crippen LogP) is 3.07. The molecule has 0 saturated heterocycles. The topological polar surface area (TPSA) is 92.3 Å². The molecule has 0 spiro atoms. The molecular weight excluding hydrogens is 296 g/mol. The molecule has 7 heteroatoms. The van der Waals surface area contributed by atoms with E-state index in [1.165, 1.54) is 6.08 Å². The van der Waals surface area contributed by atoms with Crippen molar-refractivity contribution in [2.24, 2.45) is 5.92 Å². The van der Waals surface area contributed by atoms with Crippen LogP contribution in [-0.2, 0) is 11.3 Å². The molecule has 2 rings (SSSR count). The van der Waals surface area contributed by atoms with Gasteiger partial charge in [-0.3, -0.25) is 0 Å². The summed E-state index contributed by atoms with van der Waals surface area (Å²) in [6.45, 7) is 10.3. The molecule has 0 radical (unpaired) electrons. The summed E-state index contributed by atoms with van der Waals surface area (Å²) in [6, 6.07) is 0. The van der Waals surface area contributed by atoms with E-state index in [0.717, 1.165) is 13.0 Å². The number of carbonyl (C=O) groups excluding carboxylic acids is 1. The van der Waals surface area contributed by atoms with Gasteiger partial charge in [0.25, 0.3) is 0 Å². The Hall–Kier alpha value is -2.57. The summed E-state index contributed by atoms with van der Waals surface area (Å²) < 4.78 is 11.8. The largest absolute Gasteiger partial charge is 0.514 e. The van der Waals surface area contributed by atoms with Crippen molar-refractivity contribution < 1.29 is 14.3 Å². The third kappa shape index (κ3) is 3.80. The maximum atomic E-state index is 11.6. The molecule has 2 aromatic rings. The standard InChI is InChI=1S/C16H22N4O3/c1-5-8-22-16(21)23-14-11(4)19-15-12(13(14)17)9-18-20(15)7-6-10(2)3/h5,9-10H,1,6-8H2,2-4H3,(H2,17,19). The van der Waals surface area contributed by atoms with E-state index in [1.54, 1.807) is 13.1 Å². The van der Waals surface area contributed by atoms with Gasteiger partial charge in [0.1, 0.15) is 6.61 Å². The number of hydrogen-bond donors (Lipinski definition) is 1. The summed E-state index contributed by atoms with van der Waals surface area (Å²) >= 11 is 0. The maximum absolute atomic E-state index is 11.6. The van der Waals surface area contributed by atoms with E-state index < -0.39 is 6.16 Å². The Morgan fingerprint density at radius 2 is 2.26 bits per heavy atom. The fourth-order valence-electron chi connectivity index (χ4n) is 2.13. The molecule has 0 saturated carbocycles. The lowest BCUT2D eigenvalue weighted by molar-refractivity contribution is 0.109. The van der Waals surface area contributed by atoms with E-state index in [1.807, 2.05) is 4.68 Å². The number of hydrogen-bond acceptors (Lipinski definition) is 6. The van der Waals surface area contributed by atoms with Crippen molar-refractivity contribution in [2.75, 3.05) is 12.3 Å². The first kappa shape index (κ1) is 16.8. The van der Waals surface area contributed by atoms with Gasteiger partial charge in [-0.1, -0.05) is 26.5 Å². The zero-order chi connectivity index (χ0) is 17.0. The molecule has 2 aromatic heterocycles. The van der Waals surface area contributed by atoms with E-state index in [-0.39, 0.29) is 12.4 Å². The maximum Gasteiger partial charge on any atom is 0.514 e. The molecule has 0 atom stereocenters. The van der Waals surface area contributed by atoms with Gasteiger partial charge in [-0.2, -0.15) is 5.10 Å². The summed E-state index contributed by atoms with van der Waals surface area (Å²) in [4.78, 5) is 16.1. The van der Waals surface area contributed by atoms with Crippen molar-refractivity contribution >= 4 is 22.9 Å². The second kappa shape index (κ2) is 7.13. The number of anilines is 1. The first-order valence-corrected chi connectivity index (χ1v) is 7.51. The number of aromatic nitrogens is 3. The monoisotopic (exact) mass is 318 g/mol. The summed E-state index contributed by atoms with van der Waals surface area (Å²) in [5.41, 5.74) is 7.65. The molecule has 0 fully saturated rings. The van der Waals surface area contributed by atoms with Gasteiger partial charge in [0.2, 0.25) is 0 Å². The van der Waals surface area contributed by atoms with E-state index in [4.69, 9.17) is 15.2 Å². The number of nitrogen functional groups attached to an aromatic ring is 1. The SMILES string of the molecule is C=CCOC(=O)Oc1c(C)nc2c(cnn2CCC(C)C)c1N. The summed E-state index contributed by atoms with van der Waals surface area (Å²) in [7, 11) is 0. The Kier molecular flexibility index (Phi) is 5.20. The zero-order valence-electron chi connectivity index (χ0n) is 13.7. The zero-order valence-corrected chi connectivity index (χ0v) is 13.7. The van der Waals surface area contributed by atoms with Gasteiger partial charge in [-0.05, 0) is 19.3 Å². The molecule has 2 heterocycles. The van der Waals surface area contributed by atoms with Crippen LogP contribution in [0.4, 0.5) is 10.5 Å². The number of rotatable bonds is 6. The first-order chi connectivity index (χ1) is 10.9. The number of ether oxygens (including phenoxy) is 2. The fourth-order valence-corrected chi connectivity index (χ4v) is 2.13. The van der Waals surface area contributed by atoms with E-state index in [0.29, 0.717) is 28.3 Å². The molecular formula is C16H22N4O3. The van der Waals surface area contributed by atoms with Crippen LogP contribution in [0, 0.1) is 12.8 Å². The highest BCUT2D eigenvalue weighted by Gasteiger charge is 2.18. The number of nitrogens with zero attached hydrogens (tertiary/aromatic N) is 3. The lowest BCUT2D eigenvalue weighted by Crippen LogP contribution is -2.13. The first-order valence-electron chi connectivity index (χ1n) is 7.51. The molecule has 7 nitrogen and oxygen atoms in total. The van der Waals surface area contributed by atoms with Gasteiger partial charge < -0.3 is 15.2 Å². The second-order valence-electron chi connectivity index (χ2n) is 5.68. The average molecular weight is 318 g/mol. The molecule has 0 aliphatic rings. The molecule has 0 unspecified atom stereocenters. The van der Waals surface area contributed by atoms with E-state index in [9.17, 15) is 4.79 Å². The number of carbonyl (C=O) groups is 1. The number of nitrogens with two attached hydrogens (primary N) is 1. The third-order valence-electron chi connectivity index (χ3n) is 3.37. The Balaban J connectivity index is 2.31. The minimum Gasteiger partial charge on any atom is -0.430 e. The van der Waals surface area contributed by atoms with Crippen molar-refractivity contribution in [3.8, 4) is 5.75 Å². The summed E-state index contributed by atoms with van der Waals surface area (Å²) in [5.74, 6) is 0.768. The molecule has 0 bridgehead atoms. The van der Waals surface area contributed by atoms with Crippen LogP contribution >= 0.6 is 0 Å². The molecule has 23 heavy (non-hydrogen) atoms.